The quantitative estimate of drug-likeness (QED) is 0.749. The van der Waals surface area contributed by atoms with Gasteiger partial charge in [0, 0.05) is 4.90 Å². The molecule has 0 bridgehead atoms. The smallest absolute Gasteiger partial charge is 0.254 e. The first kappa shape index (κ1) is 15.7. The molecule has 6 heteroatoms. The molecule has 0 heterocycles. The minimum Gasteiger partial charge on any atom is -0.254 e. The lowest BCUT2D eigenvalue weighted by Gasteiger charge is -2.13. The Labute approximate surface area is 122 Å². The number of hydrogen-bond acceptors (Lipinski definition) is 1. The van der Waals surface area contributed by atoms with Crippen molar-refractivity contribution in [3.8, 4) is 0 Å². The normalized spacial score (nSPS) is 14.7. The third-order valence-corrected chi connectivity index (χ3v) is 4.69. The van der Waals surface area contributed by atoms with Gasteiger partial charge in [0.15, 0.2) is 0 Å². The van der Waals surface area contributed by atoms with Crippen molar-refractivity contribution < 1.29 is 21.8 Å². The van der Waals surface area contributed by atoms with Crippen LogP contribution >= 0.6 is 0 Å². The monoisotopic (exact) mass is 316 g/mol. The number of halogens is 4. The van der Waals surface area contributed by atoms with Crippen LogP contribution in [0, 0.1) is 5.82 Å². The van der Waals surface area contributed by atoms with Gasteiger partial charge < -0.3 is 0 Å². The maximum Gasteiger partial charge on any atom is 0.416 e. The highest BCUT2D eigenvalue weighted by Gasteiger charge is 2.30. The summed E-state index contributed by atoms with van der Waals surface area (Å²) in [6.45, 7) is 1.63. The van der Waals surface area contributed by atoms with E-state index in [0.29, 0.717) is 10.5 Å². The number of alkyl halides is 3. The Balaban J connectivity index is 2.24. The summed E-state index contributed by atoms with van der Waals surface area (Å²) in [5.41, 5.74) is -0.249. The van der Waals surface area contributed by atoms with E-state index in [1.807, 2.05) is 0 Å². The first-order chi connectivity index (χ1) is 9.79. The molecular weight excluding hydrogens is 304 g/mol. The van der Waals surface area contributed by atoms with E-state index in [-0.39, 0.29) is 0 Å². The molecule has 2 rings (SSSR count). The predicted octanol–water partition coefficient (Wildman–Crippen LogP) is 4.71. The molecule has 2 aromatic rings. The molecule has 0 aromatic heterocycles. The van der Waals surface area contributed by atoms with Gasteiger partial charge in [0.05, 0.1) is 21.6 Å². The zero-order valence-electron chi connectivity index (χ0n) is 11.0. The van der Waals surface area contributed by atoms with Crippen molar-refractivity contribution in [1.29, 1.82) is 0 Å². The largest absolute Gasteiger partial charge is 0.416 e. The molecule has 0 saturated carbocycles. The molecule has 2 aromatic carbocycles. The highest BCUT2D eigenvalue weighted by molar-refractivity contribution is 7.85. The van der Waals surface area contributed by atoms with Crippen LogP contribution < -0.4 is 0 Å². The van der Waals surface area contributed by atoms with Crippen molar-refractivity contribution >= 4 is 10.8 Å². The van der Waals surface area contributed by atoms with E-state index < -0.39 is 33.6 Å². The van der Waals surface area contributed by atoms with Gasteiger partial charge in [-0.05, 0) is 42.8 Å². The van der Waals surface area contributed by atoms with Crippen LogP contribution in [0.5, 0.6) is 0 Å². The van der Waals surface area contributed by atoms with Crippen LogP contribution in [-0.4, -0.2) is 4.21 Å². The maximum atomic E-state index is 13.1. The van der Waals surface area contributed by atoms with Crippen molar-refractivity contribution in [2.24, 2.45) is 0 Å². The summed E-state index contributed by atoms with van der Waals surface area (Å²) in [5, 5.41) is -0.533. The second-order valence-electron chi connectivity index (χ2n) is 4.52. The molecule has 0 aliphatic rings. The summed E-state index contributed by atoms with van der Waals surface area (Å²) >= 11 is 0. The molecule has 0 fully saturated rings. The predicted molar refractivity (Wildman–Crippen MR) is 72.7 cm³/mol. The Bertz CT molecular complexity index is 649. The van der Waals surface area contributed by atoms with Gasteiger partial charge in [-0.15, -0.1) is 0 Å². The maximum absolute atomic E-state index is 13.1. The molecule has 0 N–H and O–H groups in total. The summed E-state index contributed by atoms with van der Waals surface area (Å²) in [5.74, 6) is -0.500. The minimum atomic E-state index is -4.40. The molecule has 0 amide bonds. The molecule has 0 aliphatic carbocycles. The van der Waals surface area contributed by atoms with E-state index in [1.54, 1.807) is 6.92 Å². The first-order valence-electron chi connectivity index (χ1n) is 6.12. The highest BCUT2D eigenvalue weighted by Crippen LogP contribution is 2.31. The molecule has 112 valence electrons. The van der Waals surface area contributed by atoms with Crippen molar-refractivity contribution in [2.45, 2.75) is 23.2 Å². The summed E-state index contributed by atoms with van der Waals surface area (Å²) in [4.78, 5) is 0.308. The first-order valence-corrected chi connectivity index (χ1v) is 7.33. The van der Waals surface area contributed by atoms with Gasteiger partial charge in [-0.1, -0.05) is 18.2 Å². The van der Waals surface area contributed by atoms with Crippen LogP contribution in [0.25, 0.3) is 0 Å². The SMILES string of the molecule is C[C@H](c1ccc(C(F)(F)F)cc1)[S@](=O)c1cccc(F)c1. The van der Waals surface area contributed by atoms with Gasteiger partial charge in [-0.3, -0.25) is 4.21 Å². The van der Waals surface area contributed by atoms with Crippen LogP contribution in [-0.2, 0) is 17.0 Å². The molecule has 0 radical (unpaired) electrons. The fourth-order valence-electron chi connectivity index (χ4n) is 1.86. The van der Waals surface area contributed by atoms with E-state index in [9.17, 15) is 21.8 Å². The third kappa shape index (κ3) is 3.69. The van der Waals surface area contributed by atoms with Gasteiger partial charge in [-0.25, -0.2) is 4.39 Å². The standard InChI is InChI=1S/C15H12F4OS/c1-10(21(20)14-4-2-3-13(16)9-14)11-5-7-12(8-6-11)15(17,18)19/h2-10H,1H3/t10-,21+/m1/s1. The third-order valence-electron chi connectivity index (χ3n) is 3.06. The molecule has 2 atom stereocenters. The lowest BCUT2D eigenvalue weighted by Crippen LogP contribution is -2.07. The summed E-state index contributed by atoms with van der Waals surface area (Å²) < 4.78 is 62.9. The zero-order chi connectivity index (χ0) is 15.6. The van der Waals surface area contributed by atoms with Crippen LogP contribution in [0.15, 0.2) is 53.4 Å². The molecule has 0 unspecified atom stereocenters. The van der Waals surface area contributed by atoms with Gasteiger partial charge in [0.2, 0.25) is 0 Å². The average molecular weight is 316 g/mol. The Morgan fingerprint density at radius 2 is 1.67 bits per heavy atom. The van der Waals surface area contributed by atoms with Crippen LogP contribution in [0.3, 0.4) is 0 Å². The van der Waals surface area contributed by atoms with Crippen molar-refractivity contribution in [1.82, 2.24) is 0 Å². The topological polar surface area (TPSA) is 17.1 Å². The van der Waals surface area contributed by atoms with Crippen LogP contribution in [0.2, 0.25) is 0 Å². The Hall–Kier alpha value is -1.69. The van der Waals surface area contributed by atoms with Gasteiger partial charge in [0.25, 0.3) is 0 Å². The molecule has 21 heavy (non-hydrogen) atoms. The molecule has 0 spiro atoms. The van der Waals surface area contributed by atoms with Gasteiger partial charge in [-0.2, -0.15) is 13.2 Å². The average Bonchev–Trinajstić information content (AvgIpc) is 2.45. The second-order valence-corrected chi connectivity index (χ2v) is 6.29. The van der Waals surface area contributed by atoms with Gasteiger partial charge >= 0.3 is 6.18 Å². The second kappa shape index (κ2) is 5.97. The summed E-state index contributed by atoms with van der Waals surface area (Å²) in [6, 6.07) is 9.88. The summed E-state index contributed by atoms with van der Waals surface area (Å²) in [7, 11) is -1.54. The number of rotatable bonds is 3. The Morgan fingerprint density at radius 1 is 1.05 bits per heavy atom. The minimum absolute atomic E-state index is 0.308. The number of hydrogen-bond donors (Lipinski definition) is 0. The van der Waals surface area contributed by atoms with E-state index in [0.717, 1.165) is 18.2 Å². The Morgan fingerprint density at radius 3 is 2.19 bits per heavy atom. The summed E-state index contributed by atoms with van der Waals surface area (Å²) in [6.07, 6.45) is -4.40. The van der Waals surface area contributed by atoms with E-state index in [2.05, 4.69) is 0 Å². The molecular formula is C15H12F4OS. The van der Waals surface area contributed by atoms with Crippen molar-refractivity contribution in [3.63, 3.8) is 0 Å². The zero-order valence-corrected chi connectivity index (χ0v) is 11.8. The fraction of sp³-hybridized carbons (Fsp3) is 0.200. The van der Waals surface area contributed by atoms with Crippen molar-refractivity contribution in [2.75, 3.05) is 0 Å². The lowest BCUT2D eigenvalue weighted by atomic mass is 10.1. The molecule has 0 saturated heterocycles. The van der Waals surface area contributed by atoms with E-state index >= 15 is 0 Å². The molecule has 0 aliphatic heterocycles. The van der Waals surface area contributed by atoms with Gasteiger partial charge in [0.1, 0.15) is 5.82 Å². The van der Waals surface area contributed by atoms with E-state index in [4.69, 9.17) is 0 Å². The van der Waals surface area contributed by atoms with Crippen molar-refractivity contribution in [3.05, 3.63) is 65.5 Å². The number of benzene rings is 2. The van der Waals surface area contributed by atoms with Crippen LogP contribution in [0.1, 0.15) is 23.3 Å². The fourth-order valence-corrected chi connectivity index (χ4v) is 3.12. The molecule has 1 nitrogen and oxygen atoms in total. The highest BCUT2D eigenvalue weighted by atomic mass is 32.2. The lowest BCUT2D eigenvalue weighted by molar-refractivity contribution is -0.137. The van der Waals surface area contributed by atoms with Crippen LogP contribution in [0.4, 0.5) is 17.6 Å². The Kier molecular flexibility index (Phi) is 4.46. The van der Waals surface area contributed by atoms with E-state index in [1.165, 1.54) is 30.3 Å².